The van der Waals surface area contributed by atoms with Crippen molar-refractivity contribution in [1.82, 2.24) is 9.88 Å². The van der Waals surface area contributed by atoms with E-state index in [9.17, 15) is 4.79 Å². The second-order valence-electron chi connectivity index (χ2n) is 6.78. The Balaban J connectivity index is 1.90. The lowest BCUT2D eigenvalue weighted by Gasteiger charge is -2.35. The minimum absolute atomic E-state index is 0.445. The third kappa shape index (κ3) is 2.43. The number of hydrogen-bond acceptors (Lipinski definition) is 6. The molecule has 3 heterocycles. The smallest absolute Gasteiger partial charge is 0.260 e. The number of hydrogen-bond donors (Lipinski definition) is 2. The molecule has 0 aromatic carbocycles. The van der Waals surface area contributed by atoms with Crippen molar-refractivity contribution in [2.24, 2.45) is 5.73 Å². The van der Waals surface area contributed by atoms with Crippen LogP contribution in [-0.2, 0) is 12.8 Å². The zero-order chi connectivity index (χ0) is 16.8. The van der Waals surface area contributed by atoms with E-state index in [1.807, 2.05) is 0 Å². The third-order valence-electron chi connectivity index (χ3n) is 5.20. The Morgan fingerprint density at radius 2 is 1.79 bits per heavy atom. The molecule has 4 rings (SSSR count). The summed E-state index contributed by atoms with van der Waals surface area (Å²) in [5, 5.41) is 0.973. The molecule has 1 amide bonds. The van der Waals surface area contributed by atoms with Crippen LogP contribution in [0.4, 0.5) is 11.5 Å². The van der Waals surface area contributed by atoms with Crippen molar-refractivity contribution in [3.05, 3.63) is 16.0 Å². The fourth-order valence-corrected chi connectivity index (χ4v) is 4.83. The lowest BCUT2D eigenvalue weighted by atomic mass is 9.89. The zero-order valence-electron chi connectivity index (χ0n) is 14.0. The summed E-state index contributed by atoms with van der Waals surface area (Å²) in [5.74, 6) is 0.642. The van der Waals surface area contributed by atoms with E-state index in [1.54, 1.807) is 0 Å². The van der Waals surface area contributed by atoms with E-state index in [-0.39, 0.29) is 0 Å². The fraction of sp³-hybridized carbons (Fsp3) is 0.529. The highest BCUT2D eigenvalue weighted by atomic mass is 32.1. The first-order chi connectivity index (χ1) is 11.6. The van der Waals surface area contributed by atoms with Gasteiger partial charge in [-0.1, -0.05) is 0 Å². The monoisotopic (exact) mass is 345 g/mol. The molecule has 0 bridgehead atoms. The molecule has 2 aliphatic rings. The fourth-order valence-electron chi connectivity index (χ4n) is 3.86. The molecule has 0 atom stereocenters. The van der Waals surface area contributed by atoms with Crippen LogP contribution in [-0.4, -0.2) is 49.0 Å². The molecule has 7 heteroatoms. The molecule has 0 spiro atoms. The Morgan fingerprint density at radius 1 is 1.12 bits per heavy atom. The van der Waals surface area contributed by atoms with Crippen LogP contribution in [0.5, 0.6) is 0 Å². The van der Waals surface area contributed by atoms with Crippen molar-refractivity contribution in [3.63, 3.8) is 0 Å². The van der Waals surface area contributed by atoms with Crippen LogP contribution in [0, 0.1) is 0 Å². The Kier molecular flexibility index (Phi) is 3.85. The quantitative estimate of drug-likeness (QED) is 0.863. The Morgan fingerprint density at radius 3 is 2.46 bits per heavy atom. The number of aromatic nitrogens is 1. The number of fused-ring (bicyclic) bond motifs is 3. The molecular formula is C17H23N5OS. The molecule has 1 saturated heterocycles. The van der Waals surface area contributed by atoms with Gasteiger partial charge in [-0.2, -0.15) is 0 Å². The van der Waals surface area contributed by atoms with Gasteiger partial charge in [0.05, 0.1) is 5.69 Å². The first kappa shape index (κ1) is 15.7. The van der Waals surface area contributed by atoms with Gasteiger partial charge in [0.1, 0.15) is 15.5 Å². The van der Waals surface area contributed by atoms with Gasteiger partial charge in [0.15, 0.2) is 0 Å². The summed E-state index contributed by atoms with van der Waals surface area (Å²) in [5.41, 5.74) is 14.9. The van der Waals surface area contributed by atoms with E-state index in [0.29, 0.717) is 10.6 Å². The van der Waals surface area contributed by atoms with Crippen LogP contribution in [0.2, 0.25) is 0 Å². The van der Waals surface area contributed by atoms with E-state index in [0.717, 1.165) is 61.5 Å². The molecule has 0 radical (unpaired) electrons. The number of anilines is 2. The maximum absolute atomic E-state index is 11.7. The topological polar surface area (TPSA) is 88.5 Å². The number of pyridine rings is 1. The number of rotatable bonds is 2. The number of thiophene rings is 1. The maximum Gasteiger partial charge on any atom is 0.260 e. The standard InChI is InChI=1S/C17H23N5OS/c1-21-6-8-22(9-7-21)16-11-5-3-2-4-10(11)12-13(18)14(15(19)23)24-17(12)20-16/h2-9,18H2,1H3,(H2,19,23). The van der Waals surface area contributed by atoms with Gasteiger partial charge < -0.3 is 21.3 Å². The number of nitrogens with zero attached hydrogens (tertiary/aromatic N) is 3. The predicted octanol–water partition coefficient (Wildman–Crippen LogP) is 1.61. The SMILES string of the molecule is CN1CCN(c2nc3sc(C(N)=O)c(N)c3c3c2CCCC3)CC1. The molecule has 1 aliphatic carbocycles. The summed E-state index contributed by atoms with van der Waals surface area (Å²) < 4.78 is 0. The molecule has 6 nitrogen and oxygen atoms in total. The van der Waals surface area contributed by atoms with Crippen molar-refractivity contribution in [3.8, 4) is 0 Å². The first-order valence-corrected chi connectivity index (χ1v) is 9.35. The average Bonchev–Trinajstić information content (AvgIpc) is 2.92. The molecule has 1 aliphatic heterocycles. The van der Waals surface area contributed by atoms with Gasteiger partial charge in [-0.05, 0) is 43.9 Å². The molecule has 24 heavy (non-hydrogen) atoms. The highest BCUT2D eigenvalue weighted by Crippen LogP contribution is 2.41. The van der Waals surface area contributed by atoms with Gasteiger partial charge in [0, 0.05) is 31.6 Å². The largest absolute Gasteiger partial charge is 0.397 e. The number of nitrogen functional groups attached to an aromatic ring is 1. The van der Waals surface area contributed by atoms with Gasteiger partial charge in [0.2, 0.25) is 0 Å². The highest BCUT2D eigenvalue weighted by molar-refractivity contribution is 7.21. The third-order valence-corrected chi connectivity index (χ3v) is 6.31. The van der Waals surface area contributed by atoms with Crippen LogP contribution in [0.1, 0.15) is 33.6 Å². The highest BCUT2D eigenvalue weighted by Gasteiger charge is 2.27. The molecule has 2 aromatic rings. The lowest BCUT2D eigenvalue weighted by Crippen LogP contribution is -2.45. The number of amides is 1. The van der Waals surface area contributed by atoms with E-state index in [4.69, 9.17) is 16.5 Å². The van der Waals surface area contributed by atoms with Crippen molar-refractivity contribution in [1.29, 1.82) is 0 Å². The number of aryl methyl sites for hydroxylation is 1. The van der Waals surface area contributed by atoms with Gasteiger partial charge >= 0.3 is 0 Å². The normalized spacial score (nSPS) is 18.8. The summed E-state index contributed by atoms with van der Waals surface area (Å²) in [6.07, 6.45) is 4.40. The van der Waals surface area contributed by atoms with Crippen LogP contribution in [0.25, 0.3) is 10.2 Å². The number of carbonyl (C=O) groups is 1. The Labute approximate surface area is 145 Å². The zero-order valence-corrected chi connectivity index (χ0v) is 14.8. The molecule has 1 fully saturated rings. The van der Waals surface area contributed by atoms with Crippen molar-refractivity contribution < 1.29 is 4.79 Å². The predicted molar refractivity (Wildman–Crippen MR) is 98.9 cm³/mol. The van der Waals surface area contributed by atoms with Crippen LogP contribution in [0.3, 0.4) is 0 Å². The minimum Gasteiger partial charge on any atom is -0.397 e. The molecular weight excluding hydrogens is 322 g/mol. The second-order valence-corrected chi connectivity index (χ2v) is 7.78. The van der Waals surface area contributed by atoms with Crippen molar-refractivity contribution in [2.75, 3.05) is 43.9 Å². The number of nitrogens with two attached hydrogens (primary N) is 2. The van der Waals surface area contributed by atoms with E-state index in [2.05, 4.69) is 16.8 Å². The molecule has 4 N–H and O–H groups in total. The summed E-state index contributed by atoms with van der Waals surface area (Å²) in [7, 11) is 2.16. The molecule has 0 unspecified atom stereocenters. The van der Waals surface area contributed by atoms with Gasteiger partial charge in [-0.15, -0.1) is 11.3 Å². The van der Waals surface area contributed by atoms with Gasteiger partial charge in [-0.25, -0.2) is 4.98 Å². The first-order valence-electron chi connectivity index (χ1n) is 8.53. The van der Waals surface area contributed by atoms with E-state index < -0.39 is 5.91 Å². The number of carbonyl (C=O) groups excluding carboxylic acids is 1. The van der Waals surface area contributed by atoms with E-state index >= 15 is 0 Å². The number of piperazine rings is 1. The Hall–Kier alpha value is -1.86. The number of likely N-dealkylation sites (N-methyl/N-ethyl adjacent to an activating group) is 1. The van der Waals surface area contributed by atoms with Crippen molar-refractivity contribution in [2.45, 2.75) is 25.7 Å². The average molecular weight is 345 g/mol. The van der Waals surface area contributed by atoms with Gasteiger partial charge in [-0.3, -0.25) is 4.79 Å². The maximum atomic E-state index is 11.7. The van der Waals surface area contributed by atoms with Crippen LogP contribution < -0.4 is 16.4 Å². The second kappa shape index (κ2) is 5.89. The van der Waals surface area contributed by atoms with E-state index in [1.165, 1.54) is 28.9 Å². The van der Waals surface area contributed by atoms with Crippen LogP contribution in [0.15, 0.2) is 0 Å². The van der Waals surface area contributed by atoms with Crippen molar-refractivity contribution >= 4 is 39.0 Å². The summed E-state index contributed by atoms with van der Waals surface area (Å²) in [6, 6.07) is 0. The summed E-state index contributed by atoms with van der Waals surface area (Å²) >= 11 is 1.34. The Bertz CT molecular complexity index is 807. The molecule has 0 saturated carbocycles. The van der Waals surface area contributed by atoms with Crippen LogP contribution >= 0.6 is 11.3 Å². The van der Waals surface area contributed by atoms with Gasteiger partial charge in [0.25, 0.3) is 5.91 Å². The molecule has 128 valence electrons. The lowest BCUT2D eigenvalue weighted by molar-refractivity contribution is 0.100. The summed E-state index contributed by atoms with van der Waals surface area (Å²) in [4.78, 5) is 22.7. The molecule has 2 aromatic heterocycles. The summed E-state index contributed by atoms with van der Waals surface area (Å²) in [6.45, 7) is 4.08. The number of primary amides is 1. The minimum atomic E-state index is -0.457.